The third-order valence-corrected chi connectivity index (χ3v) is 5.45. The Kier molecular flexibility index (Phi) is 8.99. The number of benzene rings is 2. The molecule has 29 heavy (non-hydrogen) atoms. The van der Waals surface area contributed by atoms with Crippen LogP contribution in [0.3, 0.4) is 0 Å². The average Bonchev–Trinajstić information content (AvgIpc) is 3.21. The molecule has 0 saturated carbocycles. The summed E-state index contributed by atoms with van der Waals surface area (Å²) in [5.41, 5.74) is 3.30. The van der Waals surface area contributed by atoms with Crippen molar-refractivity contribution in [2.24, 2.45) is 5.92 Å². The van der Waals surface area contributed by atoms with Crippen LogP contribution in [0.25, 0.3) is 0 Å². The minimum atomic E-state index is 0. The number of rotatable bonds is 8. The standard InChI is InChI=1S/C24H32N2O2.ClH/c1-18(2)21-7-9-23(10-8-21)28-14-13-26(3)24(27)22-6-4-5-19(16-22)15-20-11-12-25-17-20;/h4-10,16,18,20,25H,11-15,17H2,1-3H3;1H. The van der Waals surface area contributed by atoms with Crippen molar-refractivity contribution in [2.45, 2.75) is 32.6 Å². The molecule has 1 aliphatic heterocycles. The zero-order chi connectivity index (χ0) is 19.9. The Morgan fingerprint density at radius 3 is 2.62 bits per heavy atom. The van der Waals surface area contributed by atoms with Gasteiger partial charge in [-0.15, -0.1) is 12.4 Å². The van der Waals surface area contributed by atoms with Crippen LogP contribution in [0.4, 0.5) is 0 Å². The molecule has 2 aromatic carbocycles. The molecule has 0 radical (unpaired) electrons. The second-order valence-electron chi connectivity index (χ2n) is 8.06. The van der Waals surface area contributed by atoms with Gasteiger partial charge in [0.15, 0.2) is 0 Å². The zero-order valence-electron chi connectivity index (χ0n) is 17.7. The molecular formula is C24H33ClN2O2. The molecule has 2 aromatic rings. The fourth-order valence-corrected chi connectivity index (χ4v) is 3.62. The smallest absolute Gasteiger partial charge is 0.253 e. The average molecular weight is 417 g/mol. The lowest BCUT2D eigenvalue weighted by atomic mass is 9.97. The largest absolute Gasteiger partial charge is 0.492 e. The summed E-state index contributed by atoms with van der Waals surface area (Å²) < 4.78 is 5.81. The van der Waals surface area contributed by atoms with Gasteiger partial charge in [0.2, 0.25) is 0 Å². The molecule has 5 heteroatoms. The third kappa shape index (κ3) is 6.76. The fourth-order valence-electron chi connectivity index (χ4n) is 3.62. The van der Waals surface area contributed by atoms with Gasteiger partial charge in [-0.3, -0.25) is 4.79 Å². The van der Waals surface area contributed by atoms with E-state index in [1.54, 1.807) is 4.90 Å². The van der Waals surface area contributed by atoms with Crippen molar-refractivity contribution in [3.8, 4) is 5.75 Å². The highest BCUT2D eigenvalue weighted by Crippen LogP contribution is 2.19. The summed E-state index contributed by atoms with van der Waals surface area (Å²) in [5.74, 6) is 2.08. The van der Waals surface area contributed by atoms with E-state index in [2.05, 4.69) is 37.4 Å². The summed E-state index contributed by atoms with van der Waals surface area (Å²) >= 11 is 0. The van der Waals surface area contributed by atoms with Crippen LogP contribution >= 0.6 is 12.4 Å². The van der Waals surface area contributed by atoms with E-state index in [0.29, 0.717) is 25.0 Å². The molecular weight excluding hydrogens is 384 g/mol. The number of amides is 1. The molecule has 158 valence electrons. The number of carbonyl (C=O) groups is 1. The second-order valence-corrected chi connectivity index (χ2v) is 8.06. The van der Waals surface area contributed by atoms with E-state index in [1.165, 1.54) is 17.5 Å². The Balaban J connectivity index is 0.00000300. The van der Waals surface area contributed by atoms with E-state index in [4.69, 9.17) is 4.74 Å². The van der Waals surface area contributed by atoms with Crippen molar-refractivity contribution < 1.29 is 9.53 Å². The fraction of sp³-hybridized carbons (Fsp3) is 0.458. The van der Waals surface area contributed by atoms with Crippen molar-refractivity contribution in [1.29, 1.82) is 0 Å². The molecule has 1 fully saturated rings. The molecule has 1 saturated heterocycles. The van der Waals surface area contributed by atoms with Crippen molar-refractivity contribution >= 4 is 18.3 Å². The summed E-state index contributed by atoms with van der Waals surface area (Å²) in [6.07, 6.45) is 2.25. The predicted octanol–water partition coefficient (Wildman–Crippen LogP) is 4.53. The third-order valence-electron chi connectivity index (χ3n) is 5.45. The van der Waals surface area contributed by atoms with Crippen LogP contribution in [0.1, 0.15) is 47.7 Å². The maximum Gasteiger partial charge on any atom is 0.253 e. The zero-order valence-corrected chi connectivity index (χ0v) is 18.5. The highest BCUT2D eigenvalue weighted by atomic mass is 35.5. The number of halogens is 1. The minimum absolute atomic E-state index is 0. The summed E-state index contributed by atoms with van der Waals surface area (Å²) in [7, 11) is 1.83. The summed E-state index contributed by atoms with van der Waals surface area (Å²) in [4.78, 5) is 14.5. The monoisotopic (exact) mass is 416 g/mol. The van der Waals surface area contributed by atoms with Gasteiger partial charge in [0, 0.05) is 12.6 Å². The van der Waals surface area contributed by atoms with Crippen molar-refractivity contribution in [3.05, 3.63) is 65.2 Å². The number of likely N-dealkylation sites (N-methyl/N-ethyl adjacent to an activating group) is 1. The van der Waals surface area contributed by atoms with Crippen LogP contribution in [0.15, 0.2) is 48.5 Å². The number of nitrogens with one attached hydrogen (secondary N) is 1. The van der Waals surface area contributed by atoms with Gasteiger partial charge in [-0.25, -0.2) is 0 Å². The molecule has 0 aromatic heterocycles. The molecule has 4 nitrogen and oxygen atoms in total. The first-order valence-corrected chi connectivity index (χ1v) is 10.3. The Morgan fingerprint density at radius 2 is 1.97 bits per heavy atom. The Bertz CT molecular complexity index is 771. The predicted molar refractivity (Wildman–Crippen MR) is 121 cm³/mol. The van der Waals surface area contributed by atoms with Gasteiger partial charge < -0.3 is 15.0 Å². The van der Waals surface area contributed by atoms with E-state index >= 15 is 0 Å². The van der Waals surface area contributed by atoms with E-state index < -0.39 is 0 Å². The molecule has 1 amide bonds. The van der Waals surface area contributed by atoms with E-state index in [9.17, 15) is 4.79 Å². The quantitative estimate of drug-likeness (QED) is 0.687. The molecule has 0 aliphatic carbocycles. The van der Waals surface area contributed by atoms with E-state index in [0.717, 1.165) is 30.8 Å². The van der Waals surface area contributed by atoms with Gasteiger partial charge in [0.05, 0.1) is 6.54 Å². The van der Waals surface area contributed by atoms with Crippen LogP contribution in [-0.2, 0) is 6.42 Å². The molecule has 1 unspecified atom stereocenters. The SMILES string of the molecule is CC(C)c1ccc(OCCN(C)C(=O)c2cccc(CC3CCNC3)c2)cc1.Cl. The van der Waals surface area contributed by atoms with Crippen molar-refractivity contribution in [1.82, 2.24) is 10.2 Å². The summed E-state index contributed by atoms with van der Waals surface area (Å²) in [6, 6.07) is 16.3. The van der Waals surface area contributed by atoms with Crippen LogP contribution < -0.4 is 10.1 Å². The van der Waals surface area contributed by atoms with Crippen molar-refractivity contribution in [2.75, 3.05) is 33.3 Å². The normalized spacial score (nSPS) is 15.8. The maximum atomic E-state index is 12.8. The van der Waals surface area contributed by atoms with E-state index in [-0.39, 0.29) is 18.3 Å². The first kappa shape index (κ1) is 23.2. The van der Waals surface area contributed by atoms with Gasteiger partial charge in [0.1, 0.15) is 12.4 Å². The highest BCUT2D eigenvalue weighted by molar-refractivity contribution is 5.94. The van der Waals surface area contributed by atoms with Gasteiger partial charge in [-0.05, 0) is 73.2 Å². The molecule has 1 aliphatic rings. The van der Waals surface area contributed by atoms with E-state index in [1.807, 2.05) is 37.4 Å². The molecule has 0 bridgehead atoms. The first-order chi connectivity index (χ1) is 13.5. The first-order valence-electron chi connectivity index (χ1n) is 10.3. The second kappa shape index (κ2) is 11.2. The summed E-state index contributed by atoms with van der Waals surface area (Å²) in [5, 5.41) is 3.40. The molecule has 0 spiro atoms. The molecule has 1 heterocycles. The van der Waals surface area contributed by atoms with Gasteiger partial charge in [-0.2, -0.15) is 0 Å². The maximum absolute atomic E-state index is 12.8. The number of ether oxygens (including phenoxy) is 1. The topological polar surface area (TPSA) is 41.6 Å². The Hall–Kier alpha value is -2.04. The lowest BCUT2D eigenvalue weighted by molar-refractivity contribution is 0.0773. The number of carbonyl (C=O) groups excluding carboxylic acids is 1. The molecule has 1 atom stereocenters. The van der Waals surface area contributed by atoms with Crippen LogP contribution in [0.5, 0.6) is 5.75 Å². The van der Waals surface area contributed by atoms with Crippen LogP contribution in [0, 0.1) is 5.92 Å². The Morgan fingerprint density at radius 1 is 1.21 bits per heavy atom. The van der Waals surface area contributed by atoms with Gasteiger partial charge in [-0.1, -0.05) is 38.1 Å². The van der Waals surface area contributed by atoms with Crippen LogP contribution in [-0.4, -0.2) is 44.1 Å². The summed E-state index contributed by atoms with van der Waals surface area (Å²) in [6.45, 7) is 7.57. The minimum Gasteiger partial charge on any atom is -0.492 e. The van der Waals surface area contributed by atoms with Gasteiger partial charge in [0.25, 0.3) is 5.91 Å². The van der Waals surface area contributed by atoms with Gasteiger partial charge >= 0.3 is 0 Å². The molecule has 1 N–H and O–H groups in total. The van der Waals surface area contributed by atoms with Crippen molar-refractivity contribution in [3.63, 3.8) is 0 Å². The van der Waals surface area contributed by atoms with Crippen LogP contribution in [0.2, 0.25) is 0 Å². The lowest BCUT2D eigenvalue weighted by Crippen LogP contribution is -2.31. The highest BCUT2D eigenvalue weighted by Gasteiger charge is 2.17. The number of hydrogen-bond acceptors (Lipinski definition) is 3. The Labute approximate surface area is 181 Å². The molecule has 3 rings (SSSR count). The number of hydrogen-bond donors (Lipinski definition) is 1. The number of nitrogens with zero attached hydrogens (tertiary/aromatic N) is 1. The lowest BCUT2D eigenvalue weighted by Gasteiger charge is -2.18.